The maximum absolute atomic E-state index is 15.4. The van der Waals surface area contributed by atoms with Gasteiger partial charge >= 0.3 is 6.03 Å². The van der Waals surface area contributed by atoms with Crippen molar-refractivity contribution in [3.8, 4) is 22.5 Å². The number of pyridine rings is 1. The van der Waals surface area contributed by atoms with Gasteiger partial charge in [-0.05, 0) is 62.4 Å². The lowest BCUT2D eigenvalue weighted by Gasteiger charge is -2.28. The number of carbonyl (C=O) groups excluding carboxylic acids is 2. The fraction of sp³-hybridized carbons (Fsp3) is 0.250. The van der Waals surface area contributed by atoms with Gasteiger partial charge in [-0.15, -0.1) is 0 Å². The molecule has 1 aliphatic rings. The van der Waals surface area contributed by atoms with E-state index >= 15 is 4.39 Å². The Bertz CT molecular complexity index is 1880. The predicted octanol–water partition coefficient (Wildman–Crippen LogP) is 5.29. The van der Waals surface area contributed by atoms with Crippen molar-refractivity contribution in [1.82, 2.24) is 25.0 Å². The number of carbonyl (C=O) groups is 2. The molecule has 4 heterocycles. The second-order valence-corrected chi connectivity index (χ2v) is 10.8. The van der Waals surface area contributed by atoms with Crippen molar-refractivity contribution in [2.75, 3.05) is 55.9 Å². The summed E-state index contributed by atoms with van der Waals surface area (Å²) in [6.07, 6.45) is 1.75. The van der Waals surface area contributed by atoms with E-state index in [-0.39, 0.29) is 11.6 Å². The number of benzene rings is 2. The maximum Gasteiger partial charge on any atom is 0.323 e. The molecule has 45 heavy (non-hydrogen) atoms. The molecule has 0 aliphatic carbocycles. The second kappa shape index (κ2) is 12.3. The number of aryl methyl sites for hydroxylation is 2. The molecule has 1 aliphatic heterocycles. The molecule has 0 unspecified atom stereocenters. The summed E-state index contributed by atoms with van der Waals surface area (Å²) in [5.41, 5.74) is 4.92. The Kier molecular flexibility index (Phi) is 8.09. The van der Waals surface area contributed by atoms with Crippen molar-refractivity contribution >= 4 is 40.2 Å². The molecule has 0 radical (unpaired) electrons. The number of amides is 3. The van der Waals surface area contributed by atoms with Crippen molar-refractivity contribution in [2.24, 2.45) is 0 Å². The van der Waals surface area contributed by atoms with Crippen LogP contribution in [-0.2, 0) is 4.74 Å². The van der Waals surface area contributed by atoms with Gasteiger partial charge in [0.2, 0.25) is 0 Å². The van der Waals surface area contributed by atoms with Crippen LogP contribution in [0, 0.1) is 19.7 Å². The van der Waals surface area contributed by atoms with Gasteiger partial charge in [0.25, 0.3) is 5.91 Å². The fourth-order valence-electron chi connectivity index (χ4n) is 5.15. The Morgan fingerprint density at radius 2 is 1.71 bits per heavy atom. The van der Waals surface area contributed by atoms with Gasteiger partial charge in [-0.3, -0.25) is 9.78 Å². The number of aromatic nitrogens is 4. The molecular formula is C32H31FN8O4. The molecule has 1 fully saturated rings. The van der Waals surface area contributed by atoms with E-state index in [4.69, 9.17) is 24.2 Å². The number of rotatable bonds is 6. The zero-order chi connectivity index (χ0) is 31.7. The van der Waals surface area contributed by atoms with E-state index in [9.17, 15) is 9.59 Å². The van der Waals surface area contributed by atoms with Crippen LogP contribution in [0.2, 0.25) is 0 Å². The number of hydrogen-bond acceptors (Lipinski definition) is 9. The third kappa shape index (κ3) is 6.15. The molecule has 1 saturated heterocycles. The van der Waals surface area contributed by atoms with E-state index in [2.05, 4.69) is 20.7 Å². The zero-order valence-corrected chi connectivity index (χ0v) is 25.2. The van der Waals surface area contributed by atoms with Crippen molar-refractivity contribution in [3.63, 3.8) is 0 Å². The monoisotopic (exact) mass is 610 g/mol. The first kappa shape index (κ1) is 29.6. The molecule has 3 aromatic heterocycles. The molecule has 0 bridgehead atoms. The van der Waals surface area contributed by atoms with Crippen LogP contribution in [0.1, 0.15) is 21.8 Å². The number of urea groups is 1. The Morgan fingerprint density at radius 3 is 2.38 bits per heavy atom. The fourth-order valence-corrected chi connectivity index (χ4v) is 5.15. The number of hydrogen-bond donors (Lipinski definition) is 2. The highest BCUT2D eigenvalue weighted by molar-refractivity contribution is 6.00. The van der Waals surface area contributed by atoms with E-state index in [1.165, 1.54) is 17.0 Å². The van der Waals surface area contributed by atoms with Crippen molar-refractivity contribution < 1.29 is 23.2 Å². The van der Waals surface area contributed by atoms with Gasteiger partial charge in [0, 0.05) is 61.3 Å². The molecule has 12 nitrogen and oxygen atoms in total. The summed E-state index contributed by atoms with van der Waals surface area (Å²) in [7, 11) is 3.32. The van der Waals surface area contributed by atoms with Crippen LogP contribution >= 0.6 is 0 Å². The van der Waals surface area contributed by atoms with Gasteiger partial charge in [-0.25, -0.2) is 19.2 Å². The molecule has 230 valence electrons. The lowest BCUT2D eigenvalue weighted by Crippen LogP contribution is -2.37. The Morgan fingerprint density at radius 1 is 0.956 bits per heavy atom. The second-order valence-electron chi connectivity index (χ2n) is 10.8. The molecule has 2 aromatic carbocycles. The number of fused-ring (bicyclic) bond motifs is 1. The van der Waals surface area contributed by atoms with Gasteiger partial charge < -0.3 is 29.7 Å². The number of ether oxygens (including phenoxy) is 1. The minimum absolute atomic E-state index is 0.0211. The van der Waals surface area contributed by atoms with E-state index in [0.717, 1.165) is 16.8 Å². The van der Waals surface area contributed by atoms with Gasteiger partial charge in [-0.2, -0.15) is 0 Å². The minimum atomic E-state index is -0.659. The Balaban J connectivity index is 1.28. The summed E-state index contributed by atoms with van der Waals surface area (Å²) in [5, 5.41) is 9.24. The van der Waals surface area contributed by atoms with Gasteiger partial charge in [0.05, 0.1) is 30.1 Å². The van der Waals surface area contributed by atoms with E-state index in [1.807, 2.05) is 19.9 Å². The van der Waals surface area contributed by atoms with Gasteiger partial charge in [0.1, 0.15) is 17.1 Å². The van der Waals surface area contributed by atoms with Gasteiger partial charge in [-0.1, -0.05) is 5.16 Å². The standard InChI is InChI=1S/C32H31FN8O4/c1-18-27(19(2)45-39-18)22-16-26-28(34-17-22)30(41-11-13-44-14-12-41)38-29(36-26)21-7-10-25(24(33)15-21)37-32(43)35-23-8-5-20(6-9-23)31(42)40(3)4/h5-10,15-17H,11-14H2,1-4H3,(H2,35,37,43). The average Bonchev–Trinajstić information content (AvgIpc) is 3.38. The molecule has 13 heteroatoms. The lowest BCUT2D eigenvalue weighted by atomic mass is 10.1. The molecule has 2 N–H and O–H groups in total. The van der Waals surface area contributed by atoms with Crippen LogP contribution in [0.5, 0.6) is 0 Å². The Hall–Kier alpha value is -5.43. The van der Waals surface area contributed by atoms with Crippen molar-refractivity contribution in [2.45, 2.75) is 13.8 Å². The third-order valence-electron chi connectivity index (χ3n) is 7.42. The highest BCUT2D eigenvalue weighted by atomic mass is 19.1. The maximum atomic E-state index is 15.4. The molecule has 6 rings (SSSR count). The summed E-state index contributed by atoms with van der Waals surface area (Å²) >= 11 is 0. The molecular weight excluding hydrogens is 579 g/mol. The number of halogens is 1. The largest absolute Gasteiger partial charge is 0.378 e. The highest BCUT2D eigenvalue weighted by Crippen LogP contribution is 2.33. The summed E-state index contributed by atoms with van der Waals surface area (Å²) in [4.78, 5) is 42.6. The van der Waals surface area contributed by atoms with Crippen molar-refractivity contribution in [1.29, 1.82) is 0 Å². The SMILES string of the molecule is Cc1noc(C)c1-c1cnc2c(N3CCOCC3)nc(-c3ccc(NC(=O)Nc4ccc(C(=O)N(C)C)cc4)c(F)c3)nc2c1. The van der Waals surface area contributed by atoms with E-state index in [1.54, 1.807) is 50.6 Å². The lowest BCUT2D eigenvalue weighted by molar-refractivity contribution is 0.0827. The average molecular weight is 611 g/mol. The number of nitrogens with one attached hydrogen (secondary N) is 2. The van der Waals surface area contributed by atoms with Gasteiger partial charge in [0.15, 0.2) is 11.6 Å². The minimum Gasteiger partial charge on any atom is -0.378 e. The molecule has 0 saturated carbocycles. The molecule has 3 amide bonds. The molecule has 0 atom stereocenters. The predicted molar refractivity (Wildman–Crippen MR) is 168 cm³/mol. The number of morpholine rings is 1. The van der Waals surface area contributed by atoms with Crippen molar-refractivity contribution in [3.05, 3.63) is 77.6 Å². The topological polar surface area (TPSA) is 139 Å². The van der Waals surface area contributed by atoms with E-state index < -0.39 is 11.8 Å². The molecule has 5 aromatic rings. The number of nitrogens with zero attached hydrogens (tertiary/aromatic N) is 6. The van der Waals surface area contributed by atoms with E-state index in [0.29, 0.717) is 71.6 Å². The highest BCUT2D eigenvalue weighted by Gasteiger charge is 2.21. The van der Waals surface area contributed by atoms with Crippen LogP contribution < -0.4 is 15.5 Å². The summed E-state index contributed by atoms with van der Waals surface area (Å²) in [6.45, 7) is 6.05. The summed E-state index contributed by atoms with van der Waals surface area (Å²) in [6, 6.07) is 12.1. The molecule has 0 spiro atoms. The van der Waals surface area contributed by atoms with Crippen LogP contribution in [0.25, 0.3) is 33.5 Å². The first-order valence-electron chi connectivity index (χ1n) is 14.3. The first-order valence-corrected chi connectivity index (χ1v) is 14.3. The first-order chi connectivity index (χ1) is 21.7. The van der Waals surface area contributed by atoms with Crippen LogP contribution in [0.3, 0.4) is 0 Å². The number of anilines is 3. The summed E-state index contributed by atoms with van der Waals surface area (Å²) in [5.74, 6) is 0.793. The van der Waals surface area contributed by atoms with Crippen LogP contribution in [0.15, 0.2) is 59.3 Å². The summed E-state index contributed by atoms with van der Waals surface area (Å²) < 4.78 is 26.3. The smallest absolute Gasteiger partial charge is 0.323 e. The normalized spacial score (nSPS) is 13.1. The van der Waals surface area contributed by atoms with Crippen LogP contribution in [-0.4, -0.2) is 77.3 Å². The quantitative estimate of drug-likeness (QED) is 0.263. The van der Waals surface area contributed by atoms with Crippen LogP contribution in [0.4, 0.5) is 26.4 Å². The Labute approximate surface area is 258 Å². The third-order valence-corrected chi connectivity index (χ3v) is 7.42. The zero-order valence-electron chi connectivity index (χ0n) is 25.2.